The van der Waals surface area contributed by atoms with Crippen molar-refractivity contribution in [3.05, 3.63) is 52.3 Å². The number of carbonyl (C=O) groups is 1. The van der Waals surface area contributed by atoms with Gasteiger partial charge in [0.25, 0.3) is 5.56 Å². The summed E-state index contributed by atoms with van der Waals surface area (Å²) in [7, 11) is 0. The van der Waals surface area contributed by atoms with Crippen molar-refractivity contribution >= 4 is 33.8 Å². The number of nitrogens with zero attached hydrogens (tertiary/aromatic N) is 2. The lowest BCUT2D eigenvalue weighted by Crippen LogP contribution is -2.24. The maximum Gasteiger partial charge on any atom is 0.414 e. The maximum absolute atomic E-state index is 14.5. The molecule has 3 N–H and O–H groups in total. The number of amides is 1. The molecule has 1 aliphatic rings. The number of aromatic nitrogens is 4. The molecule has 2 aromatic carbocycles. The third-order valence-electron chi connectivity index (χ3n) is 5.64. The highest BCUT2D eigenvalue weighted by Gasteiger charge is 2.20. The molecule has 0 aliphatic heterocycles. The van der Waals surface area contributed by atoms with Crippen molar-refractivity contribution in [3.8, 4) is 11.3 Å². The van der Waals surface area contributed by atoms with Gasteiger partial charge in [0.2, 0.25) is 5.95 Å². The van der Waals surface area contributed by atoms with Crippen LogP contribution in [0.25, 0.3) is 33.1 Å². The summed E-state index contributed by atoms with van der Waals surface area (Å²) in [6.07, 6.45) is 4.29. The zero-order valence-corrected chi connectivity index (χ0v) is 16.9. The van der Waals surface area contributed by atoms with E-state index in [0.717, 1.165) is 44.2 Å². The number of nitrogens with one attached hydrogen (secondary N) is 3. The zero-order valence-electron chi connectivity index (χ0n) is 16.9. The van der Waals surface area contributed by atoms with Crippen LogP contribution in [0.5, 0.6) is 0 Å². The lowest BCUT2D eigenvalue weighted by atomic mass is 9.98. The number of benzene rings is 2. The number of hydrogen-bond donors (Lipinski definition) is 3. The molecule has 1 aliphatic carbocycles. The number of halogens is 2. The first kappa shape index (κ1) is 20.1. The summed E-state index contributed by atoms with van der Waals surface area (Å²) >= 11 is 0. The van der Waals surface area contributed by atoms with Crippen LogP contribution >= 0.6 is 0 Å². The van der Waals surface area contributed by atoms with E-state index in [1.165, 1.54) is 0 Å². The van der Waals surface area contributed by atoms with Crippen molar-refractivity contribution in [1.82, 2.24) is 20.2 Å². The third-order valence-corrected chi connectivity index (χ3v) is 5.64. The summed E-state index contributed by atoms with van der Waals surface area (Å²) in [6, 6.07) is 6.76. The molecule has 0 bridgehead atoms. The molecule has 0 spiro atoms. The Bertz CT molecular complexity index is 1390. The molecular weight excluding hydrogens is 420 g/mol. The molecule has 2 heterocycles. The lowest BCUT2D eigenvalue weighted by Gasteiger charge is -2.21. The second-order valence-electron chi connectivity index (χ2n) is 7.79. The van der Waals surface area contributed by atoms with Crippen LogP contribution in [0.4, 0.5) is 19.5 Å². The van der Waals surface area contributed by atoms with Gasteiger partial charge in [0.1, 0.15) is 23.4 Å². The largest absolute Gasteiger partial charge is 0.446 e. The highest BCUT2D eigenvalue weighted by Crippen LogP contribution is 2.30. The van der Waals surface area contributed by atoms with Gasteiger partial charge in [-0.1, -0.05) is 12.5 Å². The van der Waals surface area contributed by atoms with Crippen LogP contribution in [0.1, 0.15) is 32.1 Å². The van der Waals surface area contributed by atoms with Gasteiger partial charge in [-0.3, -0.25) is 10.1 Å². The summed E-state index contributed by atoms with van der Waals surface area (Å²) in [5, 5.41) is 8.14. The average molecular weight is 439 g/mol. The van der Waals surface area contributed by atoms with Crippen LogP contribution in [0, 0.1) is 11.6 Å². The summed E-state index contributed by atoms with van der Waals surface area (Å²) in [4.78, 5) is 31.5. The van der Waals surface area contributed by atoms with Gasteiger partial charge in [-0.2, -0.15) is 5.10 Å². The maximum atomic E-state index is 14.5. The van der Waals surface area contributed by atoms with Gasteiger partial charge >= 0.3 is 6.09 Å². The molecular formula is C22H19F2N5O3. The average Bonchev–Trinajstić information content (AvgIpc) is 3.18. The standard InChI is InChI=1S/C22H19F2N5O3/c23-13-7-8-14(24)18-17(13)19(28-29-20(18)30)11-6-9-15-16(10-11)26-21(25-15)27-22(31)32-12-4-2-1-3-5-12/h6-10,12H,1-5H2,(H,29,30)(H2,25,26,27,31). The van der Waals surface area contributed by atoms with Gasteiger partial charge in [0, 0.05) is 5.56 Å². The number of ether oxygens (including phenoxy) is 1. The minimum absolute atomic E-state index is 0.0827. The number of anilines is 1. The Morgan fingerprint density at radius 1 is 1.06 bits per heavy atom. The van der Waals surface area contributed by atoms with Gasteiger partial charge in [0.15, 0.2) is 0 Å². The van der Waals surface area contributed by atoms with E-state index < -0.39 is 28.7 Å². The topological polar surface area (TPSA) is 113 Å². The smallest absolute Gasteiger partial charge is 0.414 e. The van der Waals surface area contributed by atoms with E-state index in [9.17, 15) is 18.4 Å². The predicted molar refractivity (Wildman–Crippen MR) is 114 cm³/mol. The third kappa shape index (κ3) is 3.68. The molecule has 1 saturated carbocycles. The van der Waals surface area contributed by atoms with Gasteiger partial charge in [0.05, 0.1) is 21.8 Å². The van der Waals surface area contributed by atoms with E-state index >= 15 is 0 Å². The molecule has 0 saturated heterocycles. The van der Waals surface area contributed by atoms with Crippen LogP contribution < -0.4 is 10.9 Å². The number of hydrogen-bond acceptors (Lipinski definition) is 5. The molecule has 8 nitrogen and oxygen atoms in total. The zero-order chi connectivity index (χ0) is 22.2. The molecule has 0 atom stereocenters. The van der Waals surface area contributed by atoms with E-state index in [2.05, 4.69) is 25.5 Å². The first-order valence-corrected chi connectivity index (χ1v) is 10.3. The molecule has 5 rings (SSSR count). The molecule has 32 heavy (non-hydrogen) atoms. The molecule has 10 heteroatoms. The van der Waals surface area contributed by atoms with E-state index in [4.69, 9.17) is 4.74 Å². The van der Waals surface area contributed by atoms with Crippen molar-refractivity contribution in [3.63, 3.8) is 0 Å². The highest BCUT2D eigenvalue weighted by molar-refractivity contribution is 5.96. The number of carbonyl (C=O) groups excluding carboxylic acids is 1. The van der Waals surface area contributed by atoms with Crippen LogP contribution in [0.2, 0.25) is 0 Å². The predicted octanol–water partition coefficient (Wildman–Crippen LogP) is 4.63. The van der Waals surface area contributed by atoms with Crippen LogP contribution in [-0.2, 0) is 4.74 Å². The fourth-order valence-corrected chi connectivity index (χ4v) is 4.11. The van der Waals surface area contributed by atoms with Crippen molar-refractivity contribution in [2.24, 2.45) is 0 Å². The summed E-state index contributed by atoms with van der Waals surface area (Å²) in [5.74, 6) is -1.39. The fourth-order valence-electron chi connectivity index (χ4n) is 4.11. The van der Waals surface area contributed by atoms with Crippen LogP contribution in [0.3, 0.4) is 0 Å². The summed E-state index contributed by atoms with van der Waals surface area (Å²) in [5.41, 5.74) is 0.782. The SMILES string of the molecule is O=C(Nc1nc2ccc(-c3n[nH]c(=O)c4c(F)ccc(F)c34)cc2[nH]1)OC1CCCCC1. The Labute approximate surface area is 180 Å². The monoisotopic (exact) mass is 439 g/mol. The Morgan fingerprint density at radius 2 is 1.81 bits per heavy atom. The Hall–Kier alpha value is -3.82. The van der Waals surface area contributed by atoms with Crippen molar-refractivity contribution in [2.75, 3.05) is 5.32 Å². The Kier molecular flexibility index (Phi) is 5.04. The number of fused-ring (bicyclic) bond motifs is 2. The van der Waals surface area contributed by atoms with Crippen molar-refractivity contribution < 1.29 is 18.3 Å². The summed E-state index contributed by atoms with van der Waals surface area (Å²) in [6.45, 7) is 0. The minimum Gasteiger partial charge on any atom is -0.446 e. The fraction of sp³-hybridized carbons (Fsp3) is 0.273. The van der Waals surface area contributed by atoms with Gasteiger partial charge < -0.3 is 9.72 Å². The molecule has 164 valence electrons. The van der Waals surface area contributed by atoms with E-state index in [0.29, 0.717) is 16.6 Å². The van der Waals surface area contributed by atoms with E-state index in [-0.39, 0.29) is 23.1 Å². The van der Waals surface area contributed by atoms with Crippen LogP contribution in [-0.4, -0.2) is 32.4 Å². The molecule has 1 amide bonds. The Morgan fingerprint density at radius 3 is 2.59 bits per heavy atom. The second kappa shape index (κ2) is 8.03. The van der Waals surface area contributed by atoms with Gasteiger partial charge in [-0.25, -0.2) is 23.7 Å². The Balaban J connectivity index is 1.46. The number of H-pyrrole nitrogens is 2. The van der Waals surface area contributed by atoms with Crippen molar-refractivity contribution in [2.45, 2.75) is 38.2 Å². The molecule has 0 radical (unpaired) electrons. The molecule has 0 unspecified atom stereocenters. The van der Waals surface area contributed by atoms with Gasteiger partial charge in [-0.15, -0.1) is 0 Å². The second-order valence-corrected chi connectivity index (χ2v) is 7.79. The quantitative estimate of drug-likeness (QED) is 0.431. The van der Waals surface area contributed by atoms with Crippen molar-refractivity contribution in [1.29, 1.82) is 0 Å². The van der Waals surface area contributed by atoms with Crippen LogP contribution in [0.15, 0.2) is 35.1 Å². The van der Waals surface area contributed by atoms with E-state index in [1.807, 2.05) is 0 Å². The normalized spacial score (nSPS) is 14.7. The number of rotatable bonds is 3. The molecule has 1 fully saturated rings. The first-order valence-electron chi connectivity index (χ1n) is 10.3. The molecule has 4 aromatic rings. The molecule has 2 aromatic heterocycles. The van der Waals surface area contributed by atoms with Gasteiger partial charge in [-0.05, 0) is 49.9 Å². The minimum atomic E-state index is -0.836. The lowest BCUT2D eigenvalue weighted by molar-refractivity contribution is 0.0864. The van der Waals surface area contributed by atoms with E-state index in [1.54, 1.807) is 18.2 Å². The number of aromatic amines is 2. The summed E-state index contributed by atoms with van der Waals surface area (Å²) < 4.78 is 34.1. The first-order chi connectivity index (χ1) is 15.5. The number of imidazole rings is 1. The highest BCUT2D eigenvalue weighted by atomic mass is 19.1.